The van der Waals surface area contributed by atoms with Crippen molar-refractivity contribution < 1.29 is 4.74 Å². The van der Waals surface area contributed by atoms with Gasteiger partial charge in [0.2, 0.25) is 0 Å². The molecule has 118 valence electrons. The predicted molar refractivity (Wildman–Crippen MR) is 86.6 cm³/mol. The van der Waals surface area contributed by atoms with Gasteiger partial charge >= 0.3 is 0 Å². The van der Waals surface area contributed by atoms with E-state index in [2.05, 4.69) is 48.1 Å². The molecule has 2 heterocycles. The summed E-state index contributed by atoms with van der Waals surface area (Å²) < 4.78 is 5.48. The van der Waals surface area contributed by atoms with Crippen LogP contribution in [0.3, 0.4) is 0 Å². The summed E-state index contributed by atoms with van der Waals surface area (Å²) in [5.74, 6) is 0. The second kappa shape index (κ2) is 7.34. The SMILES string of the molecule is CCc1ccc(CC(NC)C(C)(C)N2CCOCC2)nc1. The lowest BCUT2D eigenvalue weighted by atomic mass is 9.88. The number of nitrogens with zero attached hydrogens (tertiary/aromatic N) is 2. The van der Waals surface area contributed by atoms with E-state index in [1.165, 1.54) is 5.56 Å². The van der Waals surface area contributed by atoms with Crippen LogP contribution in [-0.4, -0.2) is 54.8 Å². The Hall–Kier alpha value is -0.970. The van der Waals surface area contributed by atoms with Gasteiger partial charge in [-0.1, -0.05) is 13.0 Å². The minimum Gasteiger partial charge on any atom is -0.379 e. The Labute approximate surface area is 128 Å². The van der Waals surface area contributed by atoms with Gasteiger partial charge in [-0.25, -0.2) is 0 Å². The molecule has 1 unspecified atom stereocenters. The minimum absolute atomic E-state index is 0.0869. The topological polar surface area (TPSA) is 37.4 Å². The van der Waals surface area contributed by atoms with Crippen LogP contribution >= 0.6 is 0 Å². The molecule has 0 saturated carbocycles. The van der Waals surface area contributed by atoms with E-state index in [-0.39, 0.29) is 5.54 Å². The molecule has 1 fully saturated rings. The van der Waals surface area contributed by atoms with Gasteiger partial charge in [0.25, 0.3) is 0 Å². The van der Waals surface area contributed by atoms with Gasteiger partial charge < -0.3 is 10.1 Å². The zero-order valence-corrected chi connectivity index (χ0v) is 13.9. The summed E-state index contributed by atoms with van der Waals surface area (Å²) in [4.78, 5) is 7.14. The van der Waals surface area contributed by atoms with Crippen LogP contribution in [0.4, 0.5) is 0 Å². The smallest absolute Gasteiger partial charge is 0.0594 e. The van der Waals surface area contributed by atoms with E-state index in [1.807, 2.05) is 13.2 Å². The Morgan fingerprint density at radius 3 is 2.57 bits per heavy atom. The van der Waals surface area contributed by atoms with Crippen molar-refractivity contribution in [2.24, 2.45) is 0 Å². The van der Waals surface area contributed by atoms with Crippen molar-refractivity contribution >= 4 is 0 Å². The standard InChI is InChI=1S/C17H29N3O/c1-5-14-6-7-15(19-13-14)12-16(18-4)17(2,3)20-8-10-21-11-9-20/h6-7,13,16,18H,5,8-12H2,1-4H3. The van der Waals surface area contributed by atoms with E-state index in [0.29, 0.717) is 6.04 Å². The number of nitrogens with one attached hydrogen (secondary N) is 1. The number of ether oxygens (including phenoxy) is 1. The van der Waals surface area contributed by atoms with Crippen LogP contribution < -0.4 is 5.32 Å². The monoisotopic (exact) mass is 291 g/mol. The fourth-order valence-corrected chi connectivity index (χ4v) is 3.06. The average Bonchev–Trinajstić information content (AvgIpc) is 2.53. The van der Waals surface area contributed by atoms with Crippen LogP contribution in [0.1, 0.15) is 32.0 Å². The first kappa shape index (κ1) is 16.4. The Bertz CT molecular complexity index is 424. The normalized spacial score (nSPS) is 18.7. The fraction of sp³-hybridized carbons (Fsp3) is 0.706. The van der Waals surface area contributed by atoms with Gasteiger partial charge in [-0.15, -0.1) is 0 Å². The van der Waals surface area contributed by atoms with Crippen LogP contribution in [0.25, 0.3) is 0 Å². The van der Waals surface area contributed by atoms with Gasteiger partial charge in [-0.2, -0.15) is 0 Å². The maximum Gasteiger partial charge on any atom is 0.0594 e. The maximum atomic E-state index is 5.48. The predicted octanol–water partition coefficient (Wildman–Crippen LogP) is 1.89. The maximum absolute atomic E-state index is 5.48. The largest absolute Gasteiger partial charge is 0.379 e. The quantitative estimate of drug-likeness (QED) is 0.868. The molecule has 4 nitrogen and oxygen atoms in total. The molecule has 0 amide bonds. The van der Waals surface area contributed by atoms with Crippen molar-refractivity contribution in [3.05, 3.63) is 29.6 Å². The number of aryl methyl sites for hydroxylation is 1. The summed E-state index contributed by atoms with van der Waals surface area (Å²) in [7, 11) is 2.05. The molecular weight excluding hydrogens is 262 g/mol. The van der Waals surface area contributed by atoms with Crippen molar-refractivity contribution in [3.63, 3.8) is 0 Å². The van der Waals surface area contributed by atoms with Crippen LogP contribution in [0, 0.1) is 0 Å². The van der Waals surface area contributed by atoms with E-state index < -0.39 is 0 Å². The van der Waals surface area contributed by atoms with E-state index in [4.69, 9.17) is 4.74 Å². The summed E-state index contributed by atoms with van der Waals surface area (Å²) in [6.07, 6.45) is 4.00. The zero-order chi connectivity index (χ0) is 15.3. The third-order valence-corrected chi connectivity index (χ3v) is 4.73. The van der Waals surface area contributed by atoms with Crippen molar-refractivity contribution in [2.75, 3.05) is 33.4 Å². The lowest BCUT2D eigenvalue weighted by Gasteiger charge is -2.45. The van der Waals surface area contributed by atoms with Crippen LogP contribution in [0.2, 0.25) is 0 Å². The molecule has 0 aliphatic carbocycles. The molecule has 1 aromatic heterocycles. The molecule has 1 aliphatic rings. The van der Waals surface area contributed by atoms with Crippen molar-refractivity contribution in [1.29, 1.82) is 0 Å². The minimum atomic E-state index is 0.0869. The second-order valence-electron chi connectivity index (χ2n) is 6.31. The molecule has 1 atom stereocenters. The third kappa shape index (κ3) is 4.02. The number of rotatable bonds is 6. The fourth-order valence-electron chi connectivity index (χ4n) is 3.06. The average molecular weight is 291 g/mol. The van der Waals surface area contributed by atoms with Crippen molar-refractivity contribution in [1.82, 2.24) is 15.2 Å². The molecule has 1 aromatic rings. The molecule has 4 heteroatoms. The Morgan fingerprint density at radius 2 is 2.05 bits per heavy atom. The lowest BCUT2D eigenvalue weighted by molar-refractivity contribution is -0.0224. The van der Waals surface area contributed by atoms with E-state index >= 15 is 0 Å². The van der Waals surface area contributed by atoms with Crippen molar-refractivity contribution in [3.8, 4) is 0 Å². The number of hydrogen-bond acceptors (Lipinski definition) is 4. The number of aromatic nitrogens is 1. The van der Waals surface area contributed by atoms with E-state index in [9.17, 15) is 0 Å². The molecule has 0 bridgehead atoms. The van der Waals surface area contributed by atoms with Gasteiger partial charge in [0.05, 0.1) is 13.2 Å². The van der Waals surface area contributed by atoms with Gasteiger partial charge in [0.15, 0.2) is 0 Å². The Morgan fingerprint density at radius 1 is 1.33 bits per heavy atom. The highest BCUT2D eigenvalue weighted by atomic mass is 16.5. The summed E-state index contributed by atoms with van der Waals surface area (Å²) in [6.45, 7) is 10.5. The lowest BCUT2D eigenvalue weighted by Crippen LogP contribution is -2.60. The summed E-state index contributed by atoms with van der Waals surface area (Å²) >= 11 is 0. The highest BCUT2D eigenvalue weighted by molar-refractivity contribution is 5.15. The number of hydrogen-bond donors (Lipinski definition) is 1. The third-order valence-electron chi connectivity index (χ3n) is 4.73. The highest BCUT2D eigenvalue weighted by Gasteiger charge is 2.35. The van der Waals surface area contributed by atoms with Gasteiger partial charge in [-0.05, 0) is 38.9 Å². The second-order valence-corrected chi connectivity index (χ2v) is 6.31. The van der Waals surface area contributed by atoms with Crippen molar-refractivity contribution in [2.45, 2.75) is 45.2 Å². The van der Waals surface area contributed by atoms with Gasteiger partial charge in [0, 0.05) is 43.0 Å². The van der Waals surface area contributed by atoms with Crippen LogP contribution in [0.5, 0.6) is 0 Å². The molecule has 1 saturated heterocycles. The number of likely N-dealkylation sites (N-methyl/N-ethyl adjacent to an activating group) is 1. The molecule has 0 radical (unpaired) electrons. The van der Waals surface area contributed by atoms with Gasteiger partial charge in [0.1, 0.15) is 0 Å². The molecule has 0 spiro atoms. The molecule has 1 N–H and O–H groups in total. The first-order chi connectivity index (χ1) is 10.1. The molecule has 0 aromatic carbocycles. The first-order valence-electron chi connectivity index (χ1n) is 8.01. The van der Waals surface area contributed by atoms with Gasteiger partial charge in [-0.3, -0.25) is 9.88 Å². The molecule has 1 aliphatic heterocycles. The summed E-state index contributed by atoms with van der Waals surface area (Å²) in [5, 5.41) is 3.49. The highest BCUT2D eigenvalue weighted by Crippen LogP contribution is 2.22. The molecule has 21 heavy (non-hydrogen) atoms. The molecular formula is C17H29N3O. The van der Waals surface area contributed by atoms with E-state index in [1.54, 1.807) is 0 Å². The molecule has 2 rings (SSSR count). The van der Waals surface area contributed by atoms with E-state index in [0.717, 1.165) is 44.8 Å². The zero-order valence-electron chi connectivity index (χ0n) is 13.9. The first-order valence-corrected chi connectivity index (χ1v) is 8.01. The van der Waals surface area contributed by atoms with Crippen LogP contribution in [-0.2, 0) is 17.6 Å². The van der Waals surface area contributed by atoms with Crippen LogP contribution in [0.15, 0.2) is 18.3 Å². The Balaban J connectivity index is 2.06. The number of pyridine rings is 1. The Kier molecular flexibility index (Phi) is 5.73. The summed E-state index contributed by atoms with van der Waals surface area (Å²) in [6, 6.07) is 4.73. The number of morpholine rings is 1. The summed E-state index contributed by atoms with van der Waals surface area (Å²) in [5.41, 5.74) is 2.55.